The first-order valence-electron chi connectivity index (χ1n) is 2.33. The van der Waals surface area contributed by atoms with E-state index in [4.69, 9.17) is 0 Å². The fraction of sp³-hybridized carbons (Fsp3) is 0.167. The number of rotatable bonds is 0. The summed E-state index contributed by atoms with van der Waals surface area (Å²) in [4.78, 5) is 3.88. The average Bonchev–Trinajstić information content (AvgIpc) is 1.90. The molecule has 36 valence electrons. The molecule has 1 aliphatic rings. The van der Waals surface area contributed by atoms with Crippen LogP contribution < -0.4 is 0 Å². The third-order valence-corrected chi connectivity index (χ3v) is 0.772. The topological polar surface area (TPSA) is 12.4 Å². The molecule has 0 aromatic heterocycles. The van der Waals surface area contributed by atoms with Crippen molar-refractivity contribution in [1.29, 1.82) is 0 Å². The molecule has 0 aromatic rings. The Morgan fingerprint density at radius 1 is 1.43 bits per heavy atom. The van der Waals surface area contributed by atoms with Crippen LogP contribution in [0.3, 0.4) is 0 Å². The molecule has 1 rings (SSSR count). The molecule has 7 heavy (non-hydrogen) atoms. The molecule has 1 aliphatic heterocycles. The van der Waals surface area contributed by atoms with Gasteiger partial charge in [0.15, 0.2) is 0 Å². The zero-order valence-corrected chi connectivity index (χ0v) is 4.04. The molecular formula is C6H8N+. The monoisotopic (exact) mass is 94.1 g/mol. The van der Waals surface area contributed by atoms with E-state index in [1.54, 1.807) is 12.4 Å². The first-order chi connectivity index (χ1) is 3.50. The van der Waals surface area contributed by atoms with Gasteiger partial charge in [0.25, 0.3) is 0 Å². The minimum atomic E-state index is 0. The van der Waals surface area contributed by atoms with Gasteiger partial charge < -0.3 is 0 Å². The fourth-order valence-corrected chi connectivity index (χ4v) is 0.439. The van der Waals surface area contributed by atoms with Gasteiger partial charge in [-0.1, -0.05) is 12.2 Å². The molecule has 1 heteroatoms. The summed E-state index contributed by atoms with van der Waals surface area (Å²) in [7, 11) is 0. The van der Waals surface area contributed by atoms with Gasteiger partial charge in [-0.2, -0.15) is 0 Å². The molecule has 0 saturated heterocycles. The van der Waals surface area contributed by atoms with Crippen LogP contribution in [0.25, 0.3) is 0 Å². The zero-order valence-electron chi connectivity index (χ0n) is 5.04. The molecule has 0 radical (unpaired) electrons. The van der Waals surface area contributed by atoms with Crippen molar-refractivity contribution in [3.05, 3.63) is 24.4 Å². The van der Waals surface area contributed by atoms with Crippen LogP contribution in [0.15, 0.2) is 29.4 Å². The maximum absolute atomic E-state index is 3.88. The van der Waals surface area contributed by atoms with Crippen LogP contribution >= 0.6 is 0 Å². The molecule has 0 saturated carbocycles. The fourth-order valence-electron chi connectivity index (χ4n) is 0.439. The minimum Gasteiger partial charge on any atom is -0.265 e. The van der Waals surface area contributed by atoms with Crippen molar-refractivity contribution in [2.45, 2.75) is 6.42 Å². The summed E-state index contributed by atoms with van der Waals surface area (Å²) in [6.45, 7) is 0. The Morgan fingerprint density at radius 2 is 2.43 bits per heavy atom. The quantitative estimate of drug-likeness (QED) is 0.432. The van der Waals surface area contributed by atoms with Gasteiger partial charge in [0.05, 0.1) is 0 Å². The van der Waals surface area contributed by atoms with Gasteiger partial charge in [-0.15, -0.1) is 0 Å². The molecule has 0 aliphatic carbocycles. The highest BCUT2D eigenvalue weighted by atomic mass is 14.7. The molecule has 0 amide bonds. The van der Waals surface area contributed by atoms with Crippen LogP contribution in [0.5, 0.6) is 0 Å². The first-order valence-corrected chi connectivity index (χ1v) is 2.33. The maximum Gasteiger partial charge on any atom is 1.00 e. The Bertz CT molecular complexity index is 110. The lowest BCUT2D eigenvalue weighted by atomic mass is 10.4. The highest BCUT2D eigenvalue weighted by Crippen LogP contribution is 1.88. The van der Waals surface area contributed by atoms with Crippen LogP contribution in [0.2, 0.25) is 0 Å². The number of aliphatic imine (C=N–C) groups is 1. The second-order valence-electron chi connectivity index (χ2n) is 1.35. The van der Waals surface area contributed by atoms with E-state index in [1.807, 2.05) is 12.2 Å². The molecule has 0 fully saturated rings. The van der Waals surface area contributed by atoms with Crippen LogP contribution in [-0.2, 0) is 0 Å². The third kappa shape index (κ3) is 1.35. The van der Waals surface area contributed by atoms with Crippen molar-refractivity contribution in [2.24, 2.45) is 4.99 Å². The van der Waals surface area contributed by atoms with E-state index in [-0.39, 0.29) is 1.43 Å². The van der Waals surface area contributed by atoms with E-state index in [0.29, 0.717) is 0 Å². The molecule has 1 nitrogen and oxygen atoms in total. The van der Waals surface area contributed by atoms with E-state index < -0.39 is 0 Å². The minimum absolute atomic E-state index is 0. The number of allylic oxidation sites excluding steroid dienone is 3. The summed E-state index contributed by atoms with van der Waals surface area (Å²) < 4.78 is 0. The highest BCUT2D eigenvalue weighted by Gasteiger charge is 1.71. The molecule has 0 atom stereocenters. The lowest BCUT2D eigenvalue weighted by molar-refractivity contribution is 1.39. The standard InChI is InChI=1S/C6H7N/c1-2-4-6-7-5-3-1/h1,3-6H,2H2/p+1. The number of hydrogen-bond acceptors (Lipinski definition) is 1. The second kappa shape index (κ2) is 2.35. The van der Waals surface area contributed by atoms with Crippen molar-refractivity contribution in [1.82, 2.24) is 0 Å². The van der Waals surface area contributed by atoms with Gasteiger partial charge in [0.2, 0.25) is 0 Å². The van der Waals surface area contributed by atoms with Crippen LogP contribution in [0, 0.1) is 0 Å². The predicted octanol–water partition coefficient (Wildman–Crippen LogP) is 1.64. The van der Waals surface area contributed by atoms with Crippen molar-refractivity contribution >= 4 is 6.21 Å². The molecule has 0 unspecified atom stereocenters. The van der Waals surface area contributed by atoms with Gasteiger partial charge in [0.1, 0.15) is 0 Å². The molecule has 0 N–H and O–H groups in total. The van der Waals surface area contributed by atoms with E-state index in [9.17, 15) is 0 Å². The summed E-state index contributed by atoms with van der Waals surface area (Å²) >= 11 is 0. The third-order valence-electron chi connectivity index (χ3n) is 0.772. The predicted molar refractivity (Wildman–Crippen MR) is 32.5 cm³/mol. The van der Waals surface area contributed by atoms with E-state index in [0.717, 1.165) is 6.42 Å². The van der Waals surface area contributed by atoms with Crippen LogP contribution in [0.4, 0.5) is 0 Å². The van der Waals surface area contributed by atoms with Crippen LogP contribution in [-0.4, -0.2) is 6.21 Å². The average molecular weight is 94.1 g/mol. The van der Waals surface area contributed by atoms with Gasteiger partial charge in [-0.05, 0) is 12.5 Å². The summed E-state index contributed by atoms with van der Waals surface area (Å²) in [5.74, 6) is 0. The molecule has 1 heterocycles. The molecule has 0 aromatic carbocycles. The summed E-state index contributed by atoms with van der Waals surface area (Å²) in [5, 5.41) is 0. The lowest BCUT2D eigenvalue weighted by Crippen LogP contribution is -1.54. The Morgan fingerprint density at radius 3 is 3.43 bits per heavy atom. The van der Waals surface area contributed by atoms with Gasteiger partial charge in [-0.3, -0.25) is 4.99 Å². The highest BCUT2D eigenvalue weighted by molar-refractivity contribution is 5.71. The summed E-state index contributed by atoms with van der Waals surface area (Å²) in [5.41, 5.74) is 0. The first kappa shape index (κ1) is 4.31. The number of nitrogens with zero attached hydrogens (tertiary/aromatic N) is 1. The Labute approximate surface area is 44.6 Å². The summed E-state index contributed by atoms with van der Waals surface area (Å²) in [6.07, 6.45) is 10.6. The van der Waals surface area contributed by atoms with Crippen LogP contribution in [0.1, 0.15) is 7.85 Å². The molecule has 0 bridgehead atoms. The van der Waals surface area contributed by atoms with E-state index >= 15 is 0 Å². The molecule has 0 spiro atoms. The van der Waals surface area contributed by atoms with Gasteiger partial charge in [0, 0.05) is 12.4 Å². The van der Waals surface area contributed by atoms with Crippen molar-refractivity contribution in [2.75, 3.05) is 0 Å². The van der Waals surface area contributed by atoms with Gasteiger partial charge in [-0.25, -0.2) is 0 Å². The normalized spacial score (nSPS) is 17.1. The SMILES string of the molecule is C1=CCC=CN=C1.[H+]. The van der Waals surface area contributed by atoms with E-state index in [2.05, 4.69) is 11.1 Å². The van der Waals surface area contributed by atoms with Crippen molar-refractivity contribution in [3.63, 3.8) is 0 Å². The lowest BCUT2D eigenvalue weighted by Gasteiger charge is -1.68. The number of hydrogen-bond donors (Lipinski definition) is 0. The largest absolute Gasteiger partial charge is 1.00 e. The van der Waals surface area contributed by atoms with Crippen molar-refractivity contribution in [3.8, 4) is 0 Å². The second-order valence-corrected chi connectivity index (χ2v) is 1.35. The molecular weight excluding hydrogens is 86.1 g/mol. The maximum atomic E-state index is 3.88. The Kier molecular flexibility index (Phi) is 1.44. The Hall–Kier alpha value is -0.850. The Balaban J connectivity index is 0.000000490. The van der Waals surface area contributed by atoms with Gasteiger partial charge >= 0.3 is 1.43 Å². The van der Waals surface area contributed by atoms with E-state index in [1.165, 1.54) is 0 Å². The van der Waals surface area contributed by atoms with Crippen molar-refractivity contribution < 1.29 is 1.43 Å². The smallest absolute Gasteiger partial charge is 0.265 e. The zero-order chi connectivity index (χ0) is 4.95. The summed E-state index contributed by atoms with van der Waals surface area (Å²) in [6, 6.07) is 0.